The number of nitrogens with zero attached hydrogens (tertiary/aromatic N) is 5. The molecule has 3 aromatic heterocycles. The molecule has 0 bridgehead atoms. The molecular weight excluding hydrogens is 296 g/mol. The molecule has 0 spiro atoms. The van der Waals surface area contributed by atoms with E-state index in [2.05, 4.69) is 32.4 Å². The highest BCUT2D eigenvalue weighted by Crippen LogP contribution is 2.30. The number of rotatable bonds is 3. The third-order valence-electron chi connectivity index (χ3n) is 3.43. The lowest BCUT2D eigenvalue weighted by atomic mass is 10.2. The Balaban J connectivity index is 1.90. The van der Waals surface area contributed by atoms with Crippen molar-refractivity contribution in [1.29, 1.82) is 0 Å². The zero-order chi connectivity index (χ0) is 15.1. The average molecular weight is 310 g/mol. The topological polar surface area (TPSA) is 71.8 Å². The van der Waals surface area contributed by atoms with Gasteiger partial charge in [0.1, 0.15) is 10.9 Å². The zero-order valence-corrected chi connectivity index (χ0v) is 13.1. The van der Waals surface area contributed by atoms with E-state index in [1.807, 2.05) is 36.6 Å². The van der Waals surface area contributed by atoms with Gasteiger partial charge in [-0.05, 0) is 24.8 Å². The van der Waals surface area contributed by atoms with Gasteiger partial charge in [0.25, 0.3) is 0 Å². The second kappa shape index (κ2) is 5.10. The first-order chi connectivity index (χ1) is 10.7. The van der Waals surface area contributed by atoms with E-state index in [0.29, 0.717) is 5.16 Å². The van der Waals surface area contributed by atoms with Crippen molar-refractivity contribution in [2.24, 2.45) is 0 Å². The Morgan fingerprint density at radius 2 is 2.09 bits per heavy atom. The number of nitrogens with one attached hydrogen (secondary N) is 1. The van der Waals surface area contributed by atoms with Gasteiger partial charge in [-0.3, -0.25) is 5.10 Å². The molecule has 0 unspecified atom stereocenters. The first-order valence-electron chi connectivity index (χ1n) is 7.09. The van der Waals surface area contributed by atoms with Gasteiger partial charge >= 0.3 is 0 Å². The predicted molar refractivity (Wildman–Crippen MR) is 85.1 cm³/mol. The Morgan fingerprint density at radius 1 is 1.23 bits per heavy atom. The van der Waals surface area contributed by atoms with E-state index in [4.69, 9.17) is 4.98 Å². The van der Waals surface area contributed by atoms with E-state index >= 15 is 0 Å². The number of hydrogen-bond acceptors (Lipinski definition) is 5. The normalized spacial score (nSPS) is 11.5. The van der Waals surface area contributed by atoms with Crippen LogP contribution in [0.5, 0.6) is 0 Å². The van der Waals surface area contributed by atoms with E-state index in [-0.39, 0.29) is 0 Å². The third-order valence-corrected chi connectivity index (χ3v) is 4.30. The molecule has 0 radical (unpaired) electrons. The van der Waals surface area contributed by atoms with E-state index in [0.717, 1.165) is 39.5 Å². The summed E-state index contributed by atoms with van der Waals surface area (Å²) < 4.78 is 1.88. The van der Waals surface area contributed by atoms with Crippen LogP contribution in [0.3, 0.4) is 0 Å². The van der Waals surface area contributed by atoms with Gasteiger partial charge in [-0.1, -0.05) is 25.1 Å². The number of aromatic amines is 1. The van der Waals surface area contributed by atoms with Crippen molar-refractivity contribution in [3.63, 3.8) is 0 Å². The van der Waals surface area contributed by atoms with Crippen LogP contribution in [0.2, 0.25) is 0 Å². The fraction of sp³-hybridized carbons (Fsp3) is 0.200. The Bertz CT molecular complexity index is 971. The van der Waals surface area contributed by atoms with Crippen molar-refractivity contribution in [3.8, 4) is 0 Å². The van der Waals surface area contributed by atoms with Crippen LogP contribution in [0, 0.1) is 6.92 Å². The summed E-state index contributed by atoms with van der Waals surface area (Å²) in [4.78, 5) is 9.17. The van der Waals surface area contributed by atoms with Crippen molar-refractivity contribution >= 4 is 28.3 Å². The molecule has 1 aromatic carbocycles. The van der Waals surface area contributed by atoms with Crippen LogP contribution in [-0.2, 0) is 6.42 Å². The quantitative estimate of drug-likeness (QED) is 0.589. The molecule has 4 aromatic rings. The van der Waals surface area contributed by atoms with Gasteiger partial charge in [-0.2, -0.15) is 5.10 Å². The summed E-state index contributed by atoms with van der Waals surface area (Å²) in [6, 6.07) is 10.1. The van der Waals surface area contributed by atoms with Gasteiger partial charge in [0.15, 0.2) is 5.65 Å². The van der Waals surface area contributed by atoms with E-state index < -0.39 is 0 Å². The van der Waals surface area contributed by atoms with Gasteiger partial charge in [0.05, 0.1) is 11.2 Å². The molecule has 0 amide bonds. The maximum absolute atomic E-state index is 4.72. The van der Waals surface area contributed by atoms with Crippen molar-refractivity contribution < 1.29 is 0 Å². The Kier molecular flexibility index (Phi) is 3.07. The highest BCUT2D eigenvalue weighted by molar-refractivity contribution is 7.99. The van der Waals surface area contributed by atoms with Crippen LogP contribution < -0.4 is 0 Å². The highest BCUT2D eigenvalue weighted by atomic mass is 32.2. The standard InChI is InChI=1S/C15H14N6S/c1-3-12-16-15(19-18-12)22-14-10-6-4-5-7-11(10)21-13(17-14)8-9(2)20-21/h4-8H,3H2,1-2H3,(H,16,18,19). The Labute approximate surface area is 131 Å². The van der Waals surface area contributed by atoms with Crippen LogP contribution in [0.15, 0.2) is 40.5 Å². The van der Waals surface area contributed by atoms with E-state index in [1.54, 1.807) is 0 Å². The molecule has 0 fully saturated rings. The minimum Gasteiger partial charge on any atom is -0.262 e. The fourth-order valence-corrected chi connectivity index (χ4v) is 3.23. The van der Waals surface area contributed by atoms with Crippen LogP contribution in [0.1, 0.15) is 18.4 Å². The number of H-pyrrole nitrogens is 1. The van der Waals surface area contributed by atoms with E-state index in [1.165, 1.54) is 11.8 Å². The summed E-state index contributed by atoms with van der Waals surface area (Å²) in [6.45, 7) is 4.02. The Hall–Kier alpha value is -2.41. The Morgan fingerprint density at radius 3 is 2.91 bits per heavy atom. The monoisotopic (exact) mass is 310 g/mol. The number of hydrogen-bond donors (Lipinski definition) is 1. The summed E-state index contributed by atoms with van der Waals surface area (Å²) in [5.74, 6) is 0.882. The first-order valence-corrected chi connectivity index (χ1v) is 7.90. The second-order valence-electron chi connectivity index (χ2n) is 5.01. The highest BCUT2D eigenvalue weighted by Gasteiger charge is 2.13. The van der Waals surface area contributed by atoms with Gasteiger partial charge in [-0.15, -0.1) is 5.10 Å². The SMILES string of the molecule is CCc1nc(Sc2nc3cc(C)nn3c3ccccc23)n[nH]1. The lowest BCUT2D eigenvalue weighted by Crippen LogP contribution is -1.95. The van der Waals surface area contributed by atoms with E-state index in [9.17, 15) is 0 Å². The van der Waals surface area contributed by atoms with Crippen LogP contribution in [0.25, 0.3) is 16.6 Å². The summed E-state index contributed by atoms with van der Waals surface area (Å²) in [5.41, 5.74) is 2.82. The maximum atomic E-state index is 4.72. The molecule has 110 valence electrons. The number of fused-ring (bicyclic) bond motifs is 3. The number of para-hydroxylation sites is 1. The fourth-order valence-electron chi connectivity index (χ4n) is 2.39. The molecule has 3 heterocycles. The summed E-state index contributed by atoms with van der Waals surface area (Å²) in [6.07, 6.45) is 0.836. The molecule has 0 aliphatic rings. The lowest BCUT2D eigenvalue weighted by Gasteiger charge is -2.05. The van der Waals surface area contributed by atoms with Crippen molar-refractivity contribution in [3.05, 3.63) is 41.9 Å². The molecule has 0 aliphatic carbocycles. The first kappa shape index (κ1) is 13.3. The van der Waals surface area contributed by atoms with Crippen LogP contribution in [-0.4, -0.2) is 29.8 Å². The van der Waals surface area contributed by atoms with Crippen molar-refractivity contribution in [2.75, 3.05) is 0 Å². The van der Waals surface area contributed by atoms with Gasteiger partial charge < -0.3 is 0 Å². The summed E-state index contributed by atoms with van der Waals surface area (Å²) in [7, 11) is 0. The summed E-state index contributed by atoms with van der Waals surface area (Å²) >= 11 is 1.47. The van der Waals surface area contributed by atoms with Crippen LogP contribution >= 0.6 is 11.8 Å². The zero-order valence-electron chi connectivity index (χ0n) is 12.2. The predicted octanol–water partition coefficient (Wildman–Crippen LogP) is 3.02. The molecule has 7 heteroatoms. The number of aryl methyl sites for hydroxylation is 2. The average Bonchev–Trinajstić information content (AvgIpc) is 3.13. The lowest BCUT2D eigenvalue weighted by molar-refractivity contribution is 0.935. The van der Waals surface area contributed by atoms with Crippen molar-refractivity contribution in [2.45, 2.75) is 30.5 Å². The molecule has 0 saturated carbocycles. The molecule has 0 atom stereocenters. The molecular formula is C15H14N6S. The number of aromatic nitrogens is 6. The molecule has 0 aliphatic heterocycles. The molecule has 1 N–H and O–H groups in total. The molecule has 6 nitrogen and oxygen atoms in total. The van der Waals surface area contributed by atoms with Gasteiger partial charge in [0, 0.05) is 17.9 Å². The minimum atomic E-state index is 0.690. The van der Waals surface area contributed by atoms with Crippen LogP contribution in [0.4, 0.5) is 0 Å². The maximum Gasteiger partial charge on any atom is 0.214 e. The second-order valence-corrected chi connectivity index (χ2v) is 5.97. The summed E-state index contributed by atoms with van der Waals surface area (Å²) in [5, 5.41) is 14.3. The number of benzene rings is 1. The van der Waals surface area contributed by atoms with Gasteiger partial charge in [-0.25, -0.2) is 14.5 Å². The minimum absolute atomic E-state index is 0.690. The molecule has 22 heavy (non-hydrogen) atoms. The van der Waals surface area contributed by atoms with Gasteiger partial charge in [0.2, 0.25) is 5.16 Å². The van der Waals surface area contributed by atoms with Crippen molar-refractivity contribution in [1.82, 2.24) is 29.8 Å². The third kappa shape index (κ3) is 2.14. The molecule has 4 rings (SSSR count). The smallest absolute Gasteiger partial charge is 0.214 e. The largest absolute Gasteiger partial charge is 0.262 e. The molecule has 0 saturated heterocycles.